The number of hydrogen-bond acceptors (Lipinski definition) is 4. The minimum absolute atomic E-state index is 0.116. The summed E-state index contributed by atoms with van der Waals surface area (Å²) in [5.41, 5.74) is 1.99. The van der Waals surface area contributed by atoms with Gasteiger partial charge in [-0.1, -0.05) is 18.2 Å². The molecule has 0 saturated carbocycles. The van der Waals surface area contributed by atoms with Gasteiger partial charge in [-0.15, -0.1) is 0 Å². The van der Waals surface area contributed by atoms with Gasteiger partial charge in [-0.3, -0.25) is 10.2 Å². The summed E-state index contributed by atoms with van der Waals surface area (Å²) in [5.74, 6) is 6.59. The van der Waals surface area contributed by atoms with Crippen molar-refractivity contribution in [2.24, 2.45) is 5.84 Å². The van der Waals surface area contributed by atoms with Crippen LogP contribution in [0.2, 0.25) is 0 Å². The van der Waals surface area contributed by atoms with Crippen molar-refractivity contribution in [3.05, 3.63) is 54.6 Å². The number of rotatable bonds is 5. The maximum atomic E-state index is 10.9. The number of nitrogens with two attached hydrogens (primary N) is 1. The van der Waals surface area contributed by atoms with Crippen LogP contribution in [0.15, 0.2) is 54.6 Å². The zero-order chi connectivity index (χ0) is 13.5. The molecule has 0 radical (unpaired) electrons. The standard InChI is InChI=1S/C14H14N2O3/c15-16-14(17)10-18-11-6-8-13(9-7-11)19-12-4-2-1-3-5-12/h1-9H,10,15H2,(H,16,17). The lowest BCUT2D eigenvalue weighted by atomic mass is 10.3. The second-order valence-electron chi connectivity index (χ2n) is 3.74. The first-order chi connectivity index (χ1) is 9.28. The molecule has 2 aromatic carbocycles. The van der Waals surface area contributed by atoms with Crippen LogP contribution < -0.4 is 20.7 Å². The fourth-order valence-electron chi connectivity index (χ4n) is 1.42. The molecule has 98 valence electrons. The molecule has 0 fully saturated rings. The summed E-state index contributed by atoms with van der Waals surface area (Å²) in [6.07, 6.45) is 0. The zero-order valence-corrected chi connectivity index (χ0v) is 10.2. The van der Waals surface area contributed by atoms with Crippen molar-refractivity contribution in [1.29, 1.82) is 0 Å². The molecular formula is C14H14N2O3. The van der Waals surface area contributed by atoms with E-state index in [9.17, 15) is 4.79 Å². The molecule has 5 nitrogen and oxygen atoms in total. The molecule has 0 aliphatic rings. The van der Waals surface area contributed by atoms with Crippen molar-refractivity contribution < 1.29 is 14.3 Å². The van der Waals surface area contributed by atoms with E-state index in [0.29, 0.717) is 11.5 Å². The smallest absolute Gasteiger partial charge is 0.271 e. The Balaban J connectivity index is 1.93. The number of nitrogens with one attached hydrogen (secondary N) is 1. The molecular weight excluding hydrogens is 244 g/mol. The van der Waals surface area contributed by atoms with Crippen molar-refractivity contribution in [2.75, 3.05) is 6.61 Å². The molecule has 0 unspecified atom stereocenters. The number of para-hydroxylation sites is 1. The Morgan fingerprint density at radius 2 is 1.53 bits per heavy atom. The molecule has 0 spiro atoms. The van der Waals surface area contributed by atoms with Crippen LogP contribution in [0.3, 0.4) is 0 Å². The lowest BCUT2D eigenvalue weighted by Gasteiger charge is -2.07. The van der Waals surface area contributed by atoms with Gasteiger partial charge in [-0.25, -0.2) is 5.84 Å². The van der Waals surface area contributed by atoms with E-state index in [0.717, 1.165) is 5.75 Å². The molecule has 0 aromatic heterocycles. The third-order valence-corrected chi connectivity index (χ3v) is 2.33. The second kappa shape index (κ2) is 6.42. The summed E-state index contributed by atoms with van der Waals surface area (Å²) < 4.78 is 10.8. The molecule has 2 rings (SSSR count). The number of benzene rings is 2. The highest BCUT2D eigenvalue weighted by Gasteiger charge is 2.01. The predicted octanol–water partition coefficient (Wildman–Crippen LogP) is 1.85. The monoisotopic (exact) mass is 258 g/mol. The largest absolute Gasteiger partial charge is 0.484 e. The van der Waals surface area contributed by atoms with Crippen molar-refractivity contribution in [3.8, 4) is 17.2 Å². The molecule has 1 amide bonds. The fourth-order valence-corrected chi connectivity index (χ4v) is 1.42. The summed E-state index contributed by atoms with van der Waals surface area (Å²) in [6.45, 7) is -0.116. The first-order valence-corrected chi connectivity index (χ1v) is 5.73. The number of hydrogen-bond donors (Lipinski definition) is 2. The Labute approximate surface area is 110 Å². The third-order valence-electron chi connectivity index (χ3n) is 2.33. The van der Waals surface area contributed by atoms with Crippen molar-refractivity contribution in [3.63, 3.8) is 0 Å². The van der Waals surface area contributed by atoms with Crippen LogP contribution in [-0.4, -0.2) is 12.5 Å². The Bertz CT molecular complexity index is 526. The molecule has 19 heavy (non-hydrogen) atoms. The van der Waals surface area contributed by atoms with E-state index in [-0.39, 0.29) is 12.5 Å². The quantitative estimate of drug-likeness (QED) is 0.487. The lowest BCUT2D eigenvalue weighted by molar-refractivity contribution is -0.123. The number of amides is 1. The number of carbonyl (C=O) groups excluding carboxylic acids is 1. The van der Waals surface area contributed by atoms with E-state index in [2.05, 4.69) is 0 Å². The van der Waals surface area contributed by atoms with Gasteiger partial charge in [0, 0.05) is 0 Å². The first kappa shape index (κ1) is 12.9. The summed E-state index contributed by atoms with van der Waals surface area (Å²) in [6, 6.07) is 16.4. The van der Waals surface area contributed by atoms with E-state index < -0.39 is 0 Å². The van der Waals surface area contributed by atoms with Crippen LogP contribution in [0.25, 0.3) is 0 Å². The summed E-state index contributed by atoms with van der Waals surface area (Å²) in [7, 11) is 0. The molecule has 0 aliphatic carbocycles. The Kier molecular flexibility index (Phi) is 4.36. The Morgan fingerprint density at radius 3 is 2.16 bits per heavy atom. The molecule has 0 bridgehead atoms. The Morgan fingerprint density at radius 1 is 0.947 bits per heavy atom. The lowest BCUT2D eigenvalue weighted by Crippen LogP contribution is -2.34. The normalized spacial score (nSPS) is 9.74. The van der Waals surface area contributed by atoms with E-state index in [1.807, 2.05) is 35.8 Å². The van der Waals surface area contributed by atoms with E-state index in [1.54, 1.807) is 24.3 Å². The average Bonchev–Trinajstić information content (AvgIpc) is 2.47. The van der Waals surface area contributed by atoms with E-state index in [4.69, 9.17) is 15.3 Å². The average molecular weight is 258 g/mol. The topological polar surface area (TPSA) is 73.6 Å². The van der Waals surface area contributed by atoms with Gasteiger partial charge in [0.25, 0.3) is 5.91 Å². The first-order valence-electron chi connectivity index (χ1n) is 5.73. The van der Waals surface area contributed by atoms with Crippen LogP contribution in [0.1, 0.15) is 0 Å². The highest BCUT2D eigenvalue weighted by Crippen LogP contribution is 2.23. The molecule has 0 heterocycles. The van der Waals surface area contributed by atoms with Gasteiger partial charge in [0.15, 0.2) is 6.61 Å². The van der Waals surface area contributed by atoms with Gasteiger partial charge in [-0.2, -0.15) is 0 Å². The second-order valence-corrected chi connectivity index (χ2v) is 3.74. The van der Waals surface area contributed by atoms with Gasteiger partial charge in [-0.05, 0) is 36.4 Å². The highest BCUT2D eigenvalue weighted by molar-refractivity contribution is 5.76. The van der Waals surface area contributed by atoms with Crippen LogP contribution in [0.4, 0.5) is 0 Å². The van der Waals surface area contributed by atoms with Crippen LogP contribution in [-0.2, 0) is 4.79 Å². The highest BCUT2D eigenvalue weighted by atomic mass is 16.5. The number of carbonyl (C=O) groups is 1. The summed E-state index contributed by atoms with van der Waals surface area (Å²) >= 11 is 0. The molecule has 2 aromatic rings. The number of hydrazine groups is 1. The molecule has 0 saturated heterocycles. The SMILES string of the molecule is NNC(=O)COc1ccc(Oc2ccccc2)cc1. The summed E-state index contributed by atoms with van der Waals surface area (Å²) in [5, 5.41) is 0. The third kappa shape index (κ3) is 4.01. The van der Waals surface area contributed by atoms with Crippen LogP contribution in [0, 0.1) is 0 Å². The maximum Gasteiger partial charge on any atom is 0.271 e. The van der Waals surface area contributed by atoms with Gasteiger partial charge in [0.05, 0.1) is 0 Å². The maximum absolute atomic E-state index is 10.9. The van der Waals surface area contributed by atoms with Gasteiger partial charge < -0.3 is 9.47 Å². The van der Waals surface area contributed by atoms with E-state index >= 15 is 0 Å². The fraction of sp³-hybridized carbons (Fsp3) is 0.0714. The van der Waals surface area contributed by atoms with Gasteiger partial charge >= 0.3 is 0 Å². The molecule has 3 N–H and O–H groups in total. The Hall–Kier alpha value is -2.53. The van der Waals surface area contributed by atoms with E-state index in [1.165, 1.54) is 0 Å². The van der Waals surface area contributed by atoms with Crippen molar-refractivity contribution >= 4 is 5.91 Å². The zero-order valence-electron chi connectivity index (χ0n) is 10.2. The minimum atomic E-state index is -0.385. The van der Waals surface area contributed by atoms with Gasteiger partial charge in [0.1, 0.15) is 17.2 Å². The van der Waals surface area contributed by atoms with Crippen LogP contribution in [0.5, 0.6) is 17.2 Å². The molecule has 5 heteroatoms. The van der Waals surface area contributed by atoms with Crippen molar-refractivity contribution in [1.82, 2.24) is 5.43 Å². The van der Waals surface area contributed by atoms with Crippen molar-refractivity contribution in [2.45, 2.75) is 0 Å². The predicted molar refractivity (Wildman–Crippen MR) is 70.8 cm³/mol. The molecule has 0 aliphatic heterocycles. The number of ether oxygens (including phenoxy) is 2. The van der Waals surface area contributed by atoms with Gasteiger partial charge in [0.2, 0.25) is 0 Å². The molecule has 0 atom stereocenters. The van der Waals surface area contributed by atoms with Crippen LogP contribution >= 0.6 is 0 Å². The summed E-state index contributed by atoms with van der Waals surface area (Å²) in [4.78, 5) is 10.9. The minimum Gasteiger partial charge on any atom is -0.484 e.